The summed E-state index contributed by atoms with van der Waals surface area (Å²) in [4.78, 5) is 11.9. The summed E-state index contributed by atoms with van der Waals surface area (Å²) in [7, 11) is 1.88. The van der Waals surface area contributed by atoms with Crippen molar-refractivity contribution in [2.24, 2.45) is 5.92 Å². The number of carbonyl (C=O) groups excluding carboxylic acids is 1. The summed E-state index contributed by atoms with van der Waals surface area (Å²) in [5.74, 6) is 1.12. The first-order chi connectivity index (χ1) is 9.11. The van der Waals surface area contributed by atoms with Crippen molar-refractivity contribution >= 4 is 16.8 Å². The van der Waals surface area contributed by atoms with Gasteiger partial charge in [-0.2, -0.15) is 0 Å². The lowest BCUT2D eigenvalue weighted by Crippen LogP contribution is -2.15. The van der Waals surface area contributed by atoms with E-state index in [0.717, 1.165) is 17.7 Å². The van der Waals surface area contributed by atoms with E-state index in [1.165, 1.54) is 0 Å². The summed E-state index contributed by atoms with van der Waals surface area (Å²) in [6.45, 7) is 5.11. The summed E-state index contributed by atoms with van der Waals surface area (Å²) in [5.41, 5.74) is 0.686. The first-order valence-corrected chi connectivity index (χ1v) is 6.47. The highest BCUT2D eigenvalue weighted by Crippen LogP contribution is 2.25. The number of hydrogen-bond acceptors (Lipinski definition) is 4. The van der Waals surface area contributed by atoms with Crippen molar-refractivity contribution in [3.63, 3.8) is 0 Å². The Hall–Kier alpha value is -1.81. The Morgan fingerprint density at radius 1 is 1.37 bits per heavy atom. The maximum Gasteiger partial charge on any atom is 0.200 e. The predicted molar refractivity (Wildman–Crippen MR) is 74.8 cm³/mol. The topological polar surface area (TPSA) is 51.5 Å². The highest BCUT2D eigenvalue weighted by Gasteiger charge is 2.15. The van der Waals surface area contributed by atoms with E-state index in [4.69, 9.17) is 9.15 Å². The minimum atomic E-state index is -0.0630. The fourth-order valence-corrected chi connectivity index (χ4v) is 1.78. The van der Waals surface area contributed by atoms with Gasteiger partial charge in [-0.3, -0.25) is 4.79 Å². The molecular weight excluding hydrogens is 242 g/mol. The molecule has 0 fully saturated rings. The third kappa shape index (κ3) is 3.15. The van der Waals surface area contributed by atoms with Crippen LogP contribution in [0.15, 0.2) is 28.7 Å². The van der Waals surface area contributed by atoms with E-state index in [9.17, 15) is 4.79 Å². The standard InChI is InChI=1S/C15H19NO3/c1-10(2)15(17)14-8-11-4-5-12(9-13(11)19-14)18-7-6-16-3/h4-5,8-10,16H,6-7H2,1-3H3. The Bertz CT molecular complexity index is 572. The van der Waals surface area contributed by atoms with E-state index < -0.39 is 0 Å². The van der Waals surface area contributed by atoms with E-state index in [-0.39, 0.29) is 11.7 Å². The summed E-state index contributed by atoms with van der Waals surface area (Å²) in [6, 6.07) is 7.40. The summed E-state index contributed by atoms with van der Waals surface area (Å²) >= 11 is 0. The first-order valence-electron chi connectivity index (χ1n) is 6.47. The summed E-state index contributed by atoms with van der Waals surface area (Å²) in [6.07, 6.45) is 0. The SMILES string of the molecule is CNCCOc1ccc2cc(C(=O)C(C)C)oc2c1. The highest BCUT2D eigenvalue weighted by molar-refractivity contribution is 5.98. The second-order valence-electron chi connectivity index (χ2n) is 4.78. The molecule has 1 heterocycles. The molecule has 2 rings (SSSR count). The summed E-state index contributed by atoms with van der Waals surface area (Å²) in [5, 5.41) is 3.93. The molecule has 0 amide bonds. The number of ether oxygens (including phenoxy) is 1. The molecule has 19 heavy (non-hydrogen) atoms. The van der Waals surface area contributed by atoms with Gasteiger partial charge in [-0.25, -0.2) is 0 Å². The predicted octanol–water partition coefficient (Wildman–Crippen LogP) is 2.87. The lowest BCUT2D eigenvalue weighted by molar-refractivity contribution is 0.0913. The van der Waals surface area contributed by atoms with Crippen molar-refractivity contribution in [1.82, 2.24) is 5.32 Å². The normalized spacial score (nSPS) is 11.2. The Morgan fingerprint density at radius 2 is 2.16 bits per heavy atom. The van der Waals surface area contributed by atoms with Gasteiger partial charge in [0.25, 0.3) is 0 Å². The maximum atomic E-state index is 11.9. The van der Waals surface area contributed by atoms with Crippen LogP contribution in [0.2, 0.25) is 0 Å². The van der Waals surface area contributed by atoms with E-state index >= 15 is 0 Å². The zero-order chi connectivity index (χ0) is 13.8. The van der Waals surface area contributed by atoms with Crippen molar-refractivity contribution in [2.45, 2.75) is 13.8 Å². The fraction of sp³-hybridized carbons (Fsp3) is 0.400. The number of furan rings is 1. The molecule has 0 radical (unpaired) electrons. The maximum absolute atomic E-state index is 11.9. The van der Waals surface area contributed by atoms with E-state index in [2.05, 4.69) is 5.32 Å². The largest absolute Gasteiger partial charge is 0.492 e. The van der Waals surface area contributed by atoms with Crippen molar-refractivity contribution in [3.8, 4) is 5.75 Å². The number of rotatable bonds is 6. The van der Waals surface area contributed by atoms with E-state index in [0.29, 0.717) is 18.0 Å². The van der Waals surface area contributed by atoms with Gasteiger partial charge in [-0.15, -0.1) is 0 Å². The molecule has 0 aliphatic rings. The second kappa shape index (κ2) is 5.89. The minimum Gasteiger partial charge on any atom is -0.492 e. The molecule has 0 unspecified atom stereocenters. The third-order valence-electron chi connectivity index (χ3n) is 2.88. The van der Waals surface area contributed by atoms with Gasteiger partial charge in [0.05, 0.1) is 0 Å². The third-order valence-corrected chi connectivity index (χ3v) is 2.88. The van der Waals surface area contributed by atoms with Crippen LogP contribution in [-0.2, 0) is 0 Å². The second-order valence-corrected chi connectivity index (χ2v) is 4.78. The van der Waals surface area contributed by atoms with Crippen LogP contribution in [0.3, 0.4) is 0 Å². The molecular formula is C15H19NO3. The lowest BCUT2D eigenvalue weighted by Gasteiger charge is -2.04. The van der Waals surface area contributed by atoms with Gasteiger partial charge < -0.3 is 14.5 Å². The van der Waals surface area contributed by atoms with Crippen LogP contribution in [-0.4, -0.2) is 26.0 Å². The molecule has 1 N–H and O–H groups in total. The molecule has 1 aromatic carbocycles. The Balaban J connectivity index is 2.21. The molecule has 102 valence electrons. The van der Waals surface area contributed by atoms with E-state index in [1.807, 2.05) is 39.1 Å². The van der Waals surface area contributed by atoms with Crippen LogP contribution in [0, 0.1) is 5.92 Å². The lowest BCUT2D eigenvalue weighted by atomic mass is 10.1. The number of hydrogen-bond donors (Lipinski definition) is 1. The van der Waals surface area contributed by atoms with Crippen LogP contribution in [0.5, 0.6) is 5.75 Å². The van der Waals surface area contributed by atoms with Crippen molar-refractivity contribution < 1.29 is 13.9 Å². The molecule has 0 aliphatic heterocycles. The van der Waals surface area contributed by atoms with Crippen molar-refractivity contribution in [1.29, 1.82) is 0 Å². The molecule has 2 aromatic rings. The van der Waals surface area contributed by atoms with Crippen LogP contribution in [0.25, 0.3) is 11.0 Å². The molecule has 4 nitrogen and oxygen atoms in total. The van der Waals surface area contributed by atoms with Crippen molar-refractivity contribution in [2.75, 3.05) is 20.2 Å². The Morgan fingerprint density at radius 3 is 2.84 bits per heavy atom. The number of Topliss-reactive ketones (excluding diaryl/α,β-unsaturated/α-hetero) is 1. The molecule has 0 aliphatic carbocycles. The smallest absolute Gasteiger partial charge is 0.200 e. The van der Waals surface area contributed by atoms with Gasteiger partial charge in [0.15, 0.2) is 5.76 Å². The molecule has 4 heteroatoms. The average molecular weight is 261 g/mol. The van der Waals surface area contributed by atoms with Crippen LogP contribution in [0.4, 0.5) is 0 Å². The fourth-order valence-electron chi connectivity index (χ4n) is 1.78. The van der Waals surface area contributed by atoms with Crippen molar-refractivity contribution in [3.05, 3.63) is 30.0 Å². The average Bonchev–Trinajstić information content (AvgIpc) is 2.81. The number of benzene rings is 1. The molecule has 0 bridgehead atoms. The van der Waals surface area contributed by atoms with Crippen LogP contribution in [0.1, 0.15) is 24.4 Å². The van der Waals surface area contributed by atoms with Crippen LogP contribution < -0.4 is 10.1 Å². The Kier molecular flexibility index (Phi) is 4.22. The van der Waals surface area contributed by atoms with Gasteiger partial charge in [0, 0.05) is 23.9 Å². The monoisotopic (exact) mass is 261 g/mol. The molecule has 1 aromatic heterocycles. The number of ketones is 1. The molecule has 0 saturated carbocycles. The van der Waals surface area contributed by atoms with E-state index in [1.54, 1.807) is 6.07 Å². The van der Waals surface area contributed by atoms with Gasteiger partial charge in [-0.05, 0) is 25.2 Å². The van der Waals surface area contributed by atoms with Gasteiger partial charge >= 0.3 is 0 Å². The highest BCUT2D eigenvalue weighted by atomic mass is 16.5. The van der Waals surface area contributed by atoms with Gasteiger partial charge in [0.1, 0.15) is 17.9 Å². The number of fused-ring (bicyclic) bond motifs is 1. The zero-order valence-corrected chi connectivity index (χ0v) is 11.5. The number of likely N-dealkylation sites (N-methyl/N-ethyl adjacent to an activating group) is 1. The summed E-state index contributed by atoms with van der Waals surface area (Å²) < 4.78 is 11.2. The molecule has 0 spiro atoms. The van der Waals surface area contributed by atoms with Crippen LogP contribution >= 0.6 is 0 Å². The molecule has 0 saturated heterocycles. The van der Waals surface area contributed by atoms with Gasteiger partial charge in [0.2, 0.25) is 5.78 Å². The quantitative estimate of drug-likeness (QED) is 0.641. The molecule has 0 atom stereocenters. The first kappa shape index (κ1) is 13.6. The zero-order valence-electron chi connectivity index (χ0n) is 11.5. The minimum absolute atomic E-state index is 0.0221. The number of carbonyl (C=O) groups is 1. The van der Waals surface area contributed by atoms with Gasteiger partial charge in [-0.1, -0.05) is 13.8 Å². The Labute approximate surface area is 112 Å². The number of nitrogens with one attached hydrogen (secondary N) is 1.